The van der Waals surface area contributed by atoms with Gasteiger partial charge in [0.25, 0.3) is 5.91 Å². The van der Waals surface area contributed by atoms with Crippen LogP contribution >= 0.6 is 15.9 Å². The van der Waals surface area contributed by atoms with E-state index in [4.69, 9.17) is 5.73 Å². The molecule has 4 nitrogen and oxygen atoms in total. The summed E-state index contributed by atoms with van der Waals surface area (Å²) in [6, 6.07) is 2.99. The van der Waals surface area contributed by atoms with Crippen molar-refractivity contribution < 1.29 is 18.0 Å². The Hall–Kier alpha value is -2.09. The number of benzene rings is 1. The van der Waals surface area contributed by atoms with Crippen LogP contribution in [0.3, 0.4) is 0 Å². The highest BCUT2D eigenvalue weighted by Crippen LogP contribution is 2.22. The van der Waals surface area contributed by atoms with Gasteiger partial charge in [-0.2, -0.15) is 0 Å². The first-order valence-corrected chi connectivity index (χ1v) is 6.05. The van der Waals surface area contributed by atoms with Crippen LogP contribution in [0.5, 0.6) is 0 Å². The number of nitrogens with two attached hydrogens (primary N) is 1. The summed E-state index contributed by atoms with van der Waals surface area (Å²) >= 11 is 3.10. The van der Waals surface area contributed by atoms with Gasteiger partial charge >= 0.3 is 0 Å². The van der Waals surface area contributed by atoms with Gasteiger partial charge in [-0.3, -0.25) is 4.79 Å². The standard InChI is InChI=1S/C12H7BrF3N3O/c13-5-3-6(11(17)18-4-5)12(20)19-8-2-1-7(14)9(15)10(8)16/h1-4H,(H2,17,18)(H,19,20). The molecule has 2 rings (SSSR count). The lowest BCUT2D eigenvalue weighted by molar-refractivity contribution is 0.102. The number of pyridine rings is 1. The minimum absolute atomic E-state index is 0.0245. The Labute approximate surface area is 119 Å². The number of nitrogens with zero attached hydrogens (tertiary/aromatic N) is 1. The molecule has 2 aromatic rings. The second kappa shape index (κ2) is 5.49. The minimum Gasteiger partial charge on any atom is -0.383 e. The van der Waals surface area contributed by atoms with Crippen molar-refractivity contribution in [2.75, 3.05) is 11.1 Å². The lowest BCUT2D eigenvalue weighted by atomic mass is 10.2. The zero-order chi connectivity index (χ0) is 14.9. The molecule has 0 bridgehead atoms. The zero-order valence-electron chi connectivity index (χ0n) is 9.75. The number of aromatic nitrogens is 1. The third kappa shape index (κ3) is 2.74. The monoisotopic (exact) mass is 345 g/mol. The average Bonchev–Trinajstić information content (AvgIpc) is 2.42. The van der Waals surface area contributed by atoms with Crippen molar-refractivity contribution in [2.45, 2.75) is 0 Å². The number of nitrogen functional groups attached to an aromatic ring is 1. The lowest BCUT2D eigenvalue weighted by Gasteiger charge is -2.08. The Morgan fingerprint density at radius 3 is 2.65 bits per heavy atom. The number of hydrogen-bond donors (Lipinski definition) is 2. The number of hydrogen-bond acceptors (Lipinski definition) is 3. The summed E-state index contributed by atoms with van der Waals surface area (Å²) in [5, 5.41) is 2.10. The summed E-state index contributed by atoms with van der Waals surface area (Å²) in [6.07, 6.45) is 1.38. The van der Waals surface area contributed by atoms with E-state index in [1.54, 1.807) is 0 Å². The Balaban J connectivity index is 2.33. The Morgan fingerprint density at radius 1 is 1.25 bits per heavy atom. The van der Waals surface area contributed by atoms with Crippen molar-refractivity contribution in [1.29, 1.82) is 0 Å². The van der Waals surface area contributed by atoms with E-state index in [-0.39, 0.29) is 11.4 Å². The van der Waals surface area contributed by atoms with E-state index in [9.17, 15) is 18.0 Å². The summed E-state index contributed by atoms with van der Waals surface area (Å²) in [6.45, 7) is 0. The molecule has 0 aliphatic heterocycles. The summed E-state index contributed by atoms with van der Waals surface area (Å²) in [5.41, 5.74) is 5.00. The lowest BCUT2D eigenvalue weighted by Crippen LogP contribution is -2.16. The Kier molecular flexibility index (Phi) is 3.93. The first kappa shape index (κ1) is 14.3. The van der Waals surface area contributed by atoms with Crippen LogP contribution < -0.4 is 11.1 Å². The van der Waals surface area contributed by atoms with E-state index < -0.39 is 29.0 Å². The second-order valence-electron chi connectivity index (χ2n) is 3.76. The SMILES string of the molecule is Nc1ncc(Br)cc1C(=O)Nc1ccc(F)c(F)c1F. The minimum atomic E-state index is -1.66. The topological polar surface area (TPSA) is 68.0 Å². The van der Waals surface area contributed by atoms with Crippen molar-refractivity contribution in [2.24, 2.45) is 0 Å². The van der Waals surface area contributed by atoms with Crippen molar-refractivity contribution >= 4 is 33.3 Å². The molecule has 0 aliphatic carbocycles. The van der Waals surface area contributed by atoms with Gasteiger partial charge in [-0.15, -0.1) is 0 Å². The van der Waals surface area contributed by atoms with E-state index in [0.717, 1.165) is 6.07 Å². The van der Waals surface area contributed by atoms with Crippen LogP contribution in [-0.2, 0) is 0 Å². The van der Waals surface area contributed by atoms with Crippen LogP contribution in [0.2, 0.25) is 0 Å². The van der Waals surface area contributed by atoms with Gasteiger partial charge < -0.3 is 11.1 Å². The Bertz CT molecular complexity index is 694. The van der Waals surface area contributed by atoms with Crippen LogP contribution in [0, 0.1) is 17.5 Å². The third-order valence-corrected chi connectivity index (χ3v) is 2.85. The van der Waals surface area contributed by atoms with Gasteiger partial charge in [0, 0.05) is 10.7 Å². The molecular formula is C12H7BrF3N3O. The van der Waals surface area contributed by atoms with Crippen LogP contribution in [0.4, 0.5) is 24.7 Å². The average molecular weight is 346 g/mol. The highest BCUT2D eigenvalue weighted by molar-refractivity contribution is 9.10. The van der Waals surface area contributed by atoms with Crippen molar-refractivity contribution in [3.05, 3.63) is 51.9 Å². The molecule has 0 atom stereocenters. The molecule has 8 heteroatoms. The number of carbonyl (C=O) groups is 1. The maximum absolute atomic E-state index is 13.4. The molecule has 1 amide bonds. The molecule has 1 heterocycles. The van der Waals surface area contributed by atoms with Crippen LogP contribution in [0.1, 0.15) is 10.4 Å². The van der Waals surface area contributed by atoms with E-state index in [0.29, 0.717) is 10.5 Å². The fraction of sp³-hybridized carbons (Fsp3) is 0. The maximum Gasteiger partial charge on any atom is 0.259 e. The van der Waals surface area contributed by atoms with Crippen molar-refractivity contribution in [3.63, 3.8) is 0 Å². The van der Waals surface area contributed by atoms with Crippen LogP contribution in [0.15, 0.2) is 28.9 Å². The smallest absolute Gasteiger partial charge is 0.259 e. The summed E-state index contributed by atoms with van der Waals surface area (Å²) in [4.78, 5) is 15.6. The zero-order valence-corrected chi connectivity index (χ0v) is 11.3. The number of halogens is 4. The predicted octanol–water partition coefficient (Wildman–Crippen LogP) is 3.10. The normalized spacial score (nSPS) is 10.4. The second-order valence-corrected chi connectivity index (χ2v) is 4.68. The van der Waals surface area contributed by atoms with Crippen molar-refractivity contribution in [3.8, 4) is 0 Å². The maximum atomic E-state index is 13.4. The molecule has 3 N–H and O–H groups in total. The number of amides is 1. The molecule has 104 valence electrons. The van der Waals surface area contributed by atoms with Gasteiger partial charge in [-0.05, 0) is 34.1 Å². The number of rotatable bonds is 2. The molecule has 20 heavy (non-hydrogen) atoms. The molecule has 1 aromatic carbocycles. The molecule has 0 saturated carbocycles. The van der Waals surface area contributed by atoms with Gasteiger partial charge in [-0.1, -0.05) is 0 Å². The molecule has 0 spiro atoms. The first-order valence-electron chi connectivity index (χ1n) is 5.26. The fourth-order valence-corrected chi connectivity index (χ4v) is 1.78. The molecular weight excluding hydrogens is 339 g/mol. The van der Waals surface area contributed by atoms with E-state index >= 15 is 0 Å². The predicted molar refractivity (Wildman–Crippen MR) is 70.6 cm³/mol. The number of carbonyl (C=O) groups excluding carboxylic acids is 1. The van der Waals surface area contributed by atoms with Crippen LogP contribution in [0.25, 0.3) is 0 Å². The van der Waals surface area contributed by atoms with Gasteiger partial charge in [0.05, 0.1) is 11.3 Å². The van der Waals surface area contributed by atoms with Crippen LogP contribution in [-0.4, -0.2) is 10.9 Å². The van der Waals surface area contributed by atoms with Gasteiger partial charge in [0.2, 0.25) is 0 Å². The van der Waals surface area contributed by atoms with Crippen molar-refractivity contribution in [1.82, 2.24) is 4.98 Å². The van der Waals surface area contributed by atoms with Gasteiger partial charge in [-0.25, -0.2) is 18.2 Å². The van der Waals surface area contributed by atoms with E-state index in [1.165, 1.54) is 12.3 Å². The largest absolute Gasteiger partial charge is 0.383 e. The Morgan fingerprint density at radius 2 is 1.95 bits per heavy atom. The molecule has 0 aliphatic rings. The molecule has 0 unspecified atom stereocenters. The van der Waals surface area contributed by atoms with Gasteiger partial charge in [0.1, 0.15) is 5.82 Å². The first-order chi connectivity index (χ1) is 9.40. The van der Waals surface area contributed by atoms with E-state index in [1.807, 2.05) is 0 Å². The fourth-order valence-electron chi connectivity index (χ4n) is 1.44. The summed E-state index contributed by atoms with van der Waals surface area (Å²) in [7, 11) is 0. The molecule has 0 radical (unpaired) electrons. The molecule has 0 saturated heterocycles. The molecule has 0 fully saturated rings. The number of nitrogens with one attached hydrogen (secondary N) is 1. The van der Waals surface area contributed by atoms with E-state index in [2.05, 4.69) is 26.2 Å². The van der Waals surface area contributed by atoms with Gasteiger partial charge in [0.15, 0.2) is 17.5 Å². The summed E-state index contributed by atoms with van der Waals surface area (Å²) in [5.74, 6) is -5.36. The number of anilines is 2. The quantitative estimate of drug-likeness (QED) is 0.822. The molecule has 1 aromatic heterocycles. The summed E-state index contributed by atoms with van der Waals surface area (Å²) < 4.78 is 39.7. The third-order valence-electron chi connectivity index (χ3n) is 2.41. The highest BCUT2D eigenvalue weighted by Gasteiger charge is 2.17. The highest BCUT2D eigenvalue weighted by atomic mass is 79.9.